The summed E-state index contributed by atoms with van der Waals surface area (Å²) >= 11 is 0. The second-order valence-electron chi connectivity index (χ2n) is 13.3. The van der Waals surface area contributed by atoms with Crippen molar-refractivity contribution in [2.75, 3.05) is 6.61 Å². The maximum atomic E-state index is 12.8. The number of aromatic nitrogens is 2. The lowest BCUT2D eigenvalue weighted by Gasteiger charge is -2.47. The molecule has 20 heteroatoms. The first-order valence-electron chi connectivity index (χ1n) is 16.6. The van der Waals surface area contributed by atoms with Crippen molar-refractivity contribution in [3.63, 3.8) is 0 Å². The summed E-state index contributed by atoms with van der Waals surface area (Å²) in [7, 11) is 0. The van der Waals surface area contributed by atoms with Gasteiger partial charge < -0.3 is 70.4 Å². The smallest absolute Gasteiger partial charge is 0.330 e. The second kappa shape index (κ2) is 17.6. The molecule has 2 amide bonds. The number of aliphatic hydroxyl groups is 8. The summed E-state index contributed by atoms with van der Waals surface area (Å²) in [4.78, 5) is 50.5. The van der Waals surface area contributed by atoms with Crippen molar-refractivity contribution in [2.24, 2.45) is 5.92 Å². The number of rotatable bonds is 13. The molecule has 288 valence electrons. The maximum Gasteiger partial charge on any atom is 0.330 e. The van der Waals surface area contributed by atoms with E-state index < -0.39 is 128 Å². The summed E-state index contributed by atoms with van der Waals surface area (Å²) in [5.41, 5.74) is -1.61. The molecule has 3 unspecified atom stereocenters. The van der Waals surface area contributed by atoms with Gasteiger partial charge in [0.05, 0.1) is 24.9 Å². The highest BCUT2D eigenvalue weighted by Crippen LogP contribution is 2.33. The molecule has 0 bridgehead atoms. The van der Waals surface area contributed by atoms with Crippen LogP contribution in [0.5, 0.6) is 0 Å². The number of allylic oxidation sites excluding steroid dienone is 1. The van der Waals surface area contributed by atoms with E-state index in [1.165, 1.54) is 6.08 Å². The fourth-order valence-electron chi connectivity index (χ4n) is 6.19. The number of carbonyl (C=O) groups is 2. The minimum atomic E-state index is -1.80. The Kier molecular flexibility index (Phi) is 14.0. The Labute approximate surface area is 291 Å². The molecule has 4 rings (SSSR count). The summed E-state index contributed by atoms with van der Waals surface area (Å²) in [6.07, 6.45) is -16.8. The van der Waals surface area contributed by atoms with Crippen molar-refractivity contribution >= 4 is 11.8 Å². The number of nitrogens with zero attached hydrogens (tertiary/aromatic N) is 1. The van der Waals surface area contributed by atoms with Gasteiger partial charge >= 0.3 is 5.69 Å². The van der Waals surface area contributed by atoms with Crippen molar-refractivity contribution in [1.29, 1.82) is 0 Å². The lowest BCUT2D eigenvalue weighted by molar-refractivity contribution is -0.346. The van der Waals surface area contributed by atoms with Gasteiger partial charge in [-0.1, -0.05) is 19.9 Å². The van der Waals surface area contributed by atoms with Gasteiger partial charge in [0.2, 0.25) is 11.8 Å². The lowest BCUT2D eigenvalue weighted by atomic mass is 9.91. The molecular weight excluding hydrogens is 684 g/mol. The molecule has 51 heavy (non-hydrogen) atoms. The first-order valence-corrected chi connectivity index (χ1v) is 16.6. The predicted octanol–water partition coefficient (Wildman–Crippen LogP) is -5.21. The van der Waals surface area contributed by atoms with E-state index in [1.807, 2.05) is 18.8 Å². The molecule has 0 spiro atoms. The summed E-state index contributed by atoms with van der Waals surface area (Å²) < 4.78 is 24.0. The fourth-order valence-corrected chi connectivity index (χ4v) is 6.19. The Morgan fingerprint density at radius 3 is 2.00 bits per heavy atom. The number of H-pyrrole nitrogens is 1. The number of nitrogens with one attached hydrogen (secondary N) is 3. The number of ether oxygens (including phenoxy) is 4. The zero-order valence-electron chi connectivity index (χ0n) is 28.2. The summed E-state index contributed by atoms with van der Waals surface area (Å²) in [6.45, 7) is 4.23. The largest absolute Gasteiger partial charge is 0.394 e. The number of aromatic amines is 1. The molecule has 3 fully saturated rings. The third kappa shape index (κ3) is 9.86. The maximum absolute atomic E-state index is 12.8. The predicted molar refractivity (Wildman–Crippen MR) is 170 cm³/mol. The van der Waals surface area contributed by atoms with E-state index >= 15 is 0 Å². The van der Waals surface area contributed by atoms with Gasteiger partial charge in [0.1, 0.15) is 54.8 Å². The van der Waals surface area contributed by atoms with Crippen molar-refractivity contribution in [2.45, 2.75) is 132 Å². The summed E-state index contributed by atoms with van der Waals surface area (Å²) in [5.74, 6) is -1.12. The van der Waals surface area contributed by atoms with E-state index in [0.717, 1.165) is 23.8 Å². The molecule has 4 heterocycles. The van der Waals surface area contributed by atoms with Gasteiger partial charge in [0.15, 0.2) is 18.8 Å². The van der Waals surface area contributed by atoms with E-state index in [0.29, 0.717) is 6.42 Å². The van der Waals surface area contributed by atoms with Crippen LogP contribution in [0.2, 0.25) is 0 Å². The zero-order chi connectivity index (χ0) is 37.7. The Bertz CT molecular complexity index is 1470. The standard InChI is InChI=1S/C31H48N4O16/c1-12(2)5-4-6-18(39)33-21-26(45)22(41)16(49-30(21)51-29-20(32-13(3)37)25(44)24(43)17(11-36)50-29)10-14(38)9-15-23(42)27(46)28(48-15)35-8-7-19(40)34-31(35)47/h4,6-8,12,14-17,20-30,36,38,41-46H,5,9-11H2,1-3H3,(H,32,37)(H,33,39)(H,34,40,47)/b6-4+/t14?,15-,16-,17-,20?,21-,22+,23-,24-,25-,26-,27-,28-,29?,30-/m1/s1. The van der Waals surface area contributed by atoms with Crippen LogP contribution in [0.1, 0.15) is 46.3 Å². The molecule has 15 atom stereocenters. The first-order chi connectivity index (χ1) is 24.0. The summed E-state index contributed by atoms with van der Waals surface area (Å²) in [5, 5.41) is 90.3. The number of hydrogen-bond donors (Lipinski definition) is 11. The average Bonchev–Trinajstić information content (AvgIpc) is 3.32. The van der Waals surface area contributed by atoms with Crippen LogP contribution in [0.3, 0.4) is 0 Å². The molecule has 0 aromatic carbocycles. The molecule has 3 saturated heterocycles. The molecule has 0 saturated carbocycles. The van der Waals surface area contributed by atoms with E-state index in [1.54, 1.807) is 6.08 Å². The third-order valence-corrected chi connectivity index (χ3v) is 8.88. The minimum Gasteiger partial charge on any atom is -0.394 e. The molecule has 20 nitrogen and oxygen atoms in total. The number of aliphatic hydroxyl groups excluding tert-OH is 8. The number of amides is 2. The van der Waals surface area contributed by atoms with Crippen LogP contribution in [0.15, 0.2) is 34.0 Å². The van der Waals surface area contributed by atoms with E-state index in [2.05, 4.69) is 10.6 Å². The van der Waals surface area contributed by atoms with Crippen LogP contribution in [0.25, 0.3) is 0 Å². The Morgan fingerprint density at radius 1 is 0.882 bits per heavy atom. The number of carbonyl (C=O) groups excluding carboxylic acids is 2. The molecule has 11 N–H and O–H groups in total. The lowest BCUT2D eigenvalue weighted by Crippen LogP contribution is -2.68. The Hall–Kier alpha value is -3.12. The van der Waals surface area contributed by atoms with Gasteiger partial charge in [-0.05, 0) is 18.4 Å². The van der Waals surface area contributed by atoms with Gasteiger partial charge in [-0.15, -0.1) is 0 Å². The van der Waals surface area contributed by atoms with Crippen molar-refractivity contribution in [1.82, 2.24) is 20.2 Å². The van der Waals surface area contributed by atoms with Gasteiger partial charge in [-0.2, -0.15) is 0 Å². The summed E-state index contributed by atoms with van der Waals surface area (Å²) in [6, 6.07) is -1.93. The third-order valence-electron chi connectivity index (χ3n) is 8.88. The molecule has 1 aromatic heterocycles. The molecule has 0 aliphatic carbocycles. The highest BCUT2D eigenvalue weighted by molar-refractivity contribution is 5.87. The van der Waals surface area contributed by atoms with E-state index in [4.69, 9.17) is 18.9 Å². The molecule has 3 aliphatic rings. The van der Waals surface area contributed by atoms with E-state index in [9.17, 15) is 60.0 Å². The van der Waals surface area contributed by atoms with Gasteiger partial charge in [0, 0.05) is 32.0 Å². The van der Waals surface area contributed by atoms with Gasteiger partial charge in [-0.25, -0.2) is 4.79 Å². The van der Waals surface area contributed by atoms with Crippen LogP contribution < -0.4 is 21.9 Å². The van der Waals surface area contributed by atoms with Crippen molar-refractivity contribution in [3.05, 3.63) is 45.3 Å². The minimum absolute atomic E-state index is 0.231. The Morgan fingerprint density at radius 2 is 1.43 bits per heavy atom. The van der Waals surface area contributed by atoms with Crippen molar-refractivity contribution in [3.8, 4) is 0 Å². The van der Waals surface area contributed by atoms with Gasteiger partial charge in [0.25, 0.3) is 5.56 Å². The topological polar surface area (TPSA) is 312 Å². The van der Waals surface area contributed by atoms with Crippen LogP contribution in [0, 0.1) is 5.92 Å². The van der Waals surface area contributed by atoms with Crippen LogP contribution in [-0.2, 0) is 28.5 Å². The molecule has 0 radical (unpaired) electrons. The van der Waals surface area contributed by atoms with E-state index in [-0.39, 0.29) is 12.3 Å². The monoisotopic (exact) mass is 732 g/mol. The van der Waals surface area contributed by atoms with Crippen molar-refractivity contribution < 1.29 is 69.4 Å². The average molecular weight is 733 g/mol. The molecule has 3 aliphatic heterocycles. The second-order valence-corrected chi connectivity index (χ2v) is 13.3. The molecule has 1 aromatic rings. The molecular formula is C31H48N4O16. The Balaban J connectivity index is 1.53. The first kappa shape index (κ1) is 40.6. The quantitative estimate of drug-likeness (QED) is 0.0845. The van der Waals surface area contributed by atoms with Crippen LogP contribution >= 0.6 is 0 Å². The normalized spacial score (nSPS) is 37.8. The zero-order valence-corrected chi connectivity index (χ0v) is 28.2. The van der Waals surface area contributed by atoms with Crippen LogP contribution in [-0.4, -0.2) is 155 Å². The SMILES string of the molecule is CC(=O)NC1C(O[C@H]2O[C@H](CC(O)C[C@H]3O[C@@H](n4ccc(=O)[nH]c4=O)[C@H](O)[C@@H]3O)[C@H](O)[C@H](O)[C@H]2NC(=O)/C=C/CC(C)C)O[C@H](CO)[C@@H](O)[C@@H]1O. The number of hydrogen-bond acceptors (Lipinski definition) is 16. The van der Waals surface area contributed by atoms with Crippen LogP contribution in [0.4, 0.5) is 0 Å². The fraction of sp³-hybridized carbons (Fsp3) is 0.742. The van der Waals surface area contributed by atoms with Gasteiger partial charge in [-0.3, -0.25) is 23.9 Å². The highest BCUT2D eigenvalue weighted by Gasteiger charge is 2.52. The highest BCUT2D eigenvalue weighted by atomic mass is 16.8.